The van der Waals surface area contributed by atoms with Crippen LogP contribution < -0.4 is 15.8 Å². The average molecular weight is 439 g/mol. The Hall–Kier alpha value is -2.97. The third kappa shape index (κ3) is 4.55. The number of aromatic nitrogens is 2. The zero-order valence-electron chi connectivity index (χ0n) is 17.8. The van der Waals surface area contributed by atoms with Gasteiger partial charge in [-0.2, -0.15) is 0 Å². The summed E-state index contributed by atoms with van der Waals surface area (Å²) >= 11 is 1.53. The van der Waals surface area contributed by atoms with Crippen LogP contribution in [0.4, 0.5) is 5.69 Å². The Morgan fingerprint density at radius 2 is 2.06 bits per heavy atom. The number of fused-ring (bicyclic) bond motifs is 1. The summed E-state index contributed by atoms with van der Waals surface area (Å²) in [7, 11) is 1.52. The number of nitrogen functional groups attached to an aromatic ring is 1. The topological polar surface area (TPSA) is 99.4 Å². The first-order valence-electron chi connectivity index (χ1n) is 10.3. The number of ether oxygens (including phenoxy) is 2. The monoisotopic (exact) mass is 438 g/mol. The molecule has 0 saturated carbocycles. The summed E-state index contributed by atoms with van der Waals surface area (Å²) in [4.78, 5) is 12.0. The van der Waals surface area contributed by atoms with Crippen molar-refractivity contribution in [1.82, 2.24) is 15.5 Å². The van der Waals surface area contributed by atoms with Crippen molar-refractivity contribution < 1.29 is 14.3 Å². The van der Waals surface area contributed by atoms with Gasteiger partial charge >= 0.3 is 0 Å². The number of anilines is 1. The molecule has 1 aliphatic rings. The number of benzene rings is 2. The van der Waals surface area contributed by atoms with Gasteiger partial charge in [0.15, 0.2) is 0 Å². The molecule has 4 rings (SSSR count). The van der Waals surface area contributed by atoms with Crippen molar-refractivity contribution in [3.8, 4) is 26.9 Å². The van der Waals surface area contributed by atoms with Crippen LogP contribution in [0, 0.1) is 0 Å². The van der Waals surface area contributed by atoms with Gasteiger partial charge in [0.25, 0.3) is 0 Å². The van der Waals surface area contributed by atoms with Crippen LogP contribution in [0.5, 0.6) is 5.75 Å². The summed E-state index contributed by atoms with van der Waals surface area (Å²) in [6, 6.07) is 11.8. The highest BCUT2D eigenvalue weighted by atomic mass is 32.1. The molecule has 1 unspecified atom stereocenters. The summed E-state index contributed by atoms with van der Waals surface area (Å²) in [5, 5.41) is 13.6. The third-order valence-electron chi connectivity index (χ3n) is 5.16. The molecule has 0 fully saturated rings. The van der Waals surface area contributed by atoms with E-state index in [-0.39, 0.29) is 24.7 Å². The first kappa shape index (κ1) is 21.3. The number of nitrogens with two attached hydrogens (primary N) is 1. The number of carbonyl (C=O) groups excluding carboxylic acids is 1. The number of amides is 1. The first-order valence-corrected chi connectivity index (χ1v) is 11.1. The van der Waals surface area contributed by atoms with Gasteiger partial charge in [-0.25, -0.2) is 0 Å². The maximum absolute atomic E-state index is 12.0. The minimum Gasteiger partial charge on any atom is -0.489 e. The fraction of sp³-hybridized carbons (Fsp3) is 0.348. The van der Waals surface area contributed by atoms with E-state index in [1.54, 1.807) is 0 Å². The highest BCUT2D eigenvalue weighted by Gasteiger charge is 2.27. The molecule has 31 heavy (non-hydrogen) atoms. The van der Waals surface area contributed by atoms with Crippen LogP contribution in [-0.2, 0) is 16.0 Å². The van der Waals surface area contributed by atoms with Crippen molar-refractivity contribution in [2.24, 2.45) is 0 Å². The zero-order valence-corrected chi connectivity index (χ0v) is 18.7. The van der Waals surface area contributed by atoms with Crippen molar-refractivity contribution in [3.05, 3.63) is 47.5 Å². The van der Waals surface area contributed by atoms with Crippen molar-refractivity contribution in [3.63, 3.8) is 0 Å². The molecule has 0 aliphatic heterocycles. The van der Waals surface area contributed by atoms with E-state index in [9.17, 15) is 4.79 Å². The molecule has 3 N–H and O–H groups in total. The van der Waals surface area contributed by atoms with Crippen molar-refractivity contribution >= 4 is 22.9 Å². The predicted octanol–water partition coefficient (Wildman–Crippen LogP) is 3.99. The Morgan fingerprint density at radius 3 is 2.81 bits per heavy atom. The Balaban J connectivity index is 1.59. The molecule has 2 aromatic carbocycles. The standard InChI is InChI=1S/C23H26N4O3S/c1-13(2)30-20-10-7-14(11-18(20)24)22-26-27-23(31-22)17-6-4-5-16-15(17)8-9-19(16)25-21(28)12-29-3/h4-7,10-11,13,19H,8-9,12,24H2,1-3H3,(H,25,28). The molecule has 162 valence electrons. The molecule has 0 spiro atoms. The van der Waals surface area contributed by atoms with Gasteiger partial charge in [0, 0.05) is 18.2 Å². The van der Waals surface area contributed by atoms with Gasteiger partial charge in [-0.3, -0.25) is 4.79 Å². The second kappa shape index (κ2) is 9.03. The summed E-state index contributed by atoms with van der Waals surface area (Å²) in [5.74, 6) is 0.567. The lowest BCUT2D eigenvalue weighted by atomic mass is 10.0. The molecule has 0 bridgehead atoms. The quantitative estimate of drug-likeness (QED) is 0.541. The molecule has 8 heteroatoms. The lowest BCUT2D eigenvalue weighted by Gasteiger charge is -2.14. The number of hydrogen-bond acceptors (Lipinski definition) is 7. The van der Waals surface area contributed by atoms with Crippen LogP contribution >= 0.6 is 11.3 Å². The van der Waals surface area contributed by atoms with Gasteiger partial charge < -0.3 is 20.5 Å². The highest BCUT2D eigenvalue weighted by molar-refractivity contribution is 7.17. The van der Waals surface area contributed by atoms with E-state index in [2.05, 4.69) is 27.6 Å². The van der Waals surface area contributed by atoms with E-state index in [1.165, 1.54) is 24.0 Å². The number of rotatable bonds is 7. The predicted molar refractivity (Wildman–Crippen MR) is 122 cm³/mol. The number of carbonyl (C=O) groups is 1. The number of hydrogen-bond donors (Lipinski definition) is 2. The van der Waals surface area contributed by atoms with Gasteiger partial charge in [-0.15, -0.1) is 10.2 Å². The number of nitrogens with zero attached hydrogens (tertiary/aromatic N) is 2. The highest BCUT2D eigenvalue weighted by Crippen LogP contribution is 2.40. The maximum atomic E-state index is 12.0. The maximum Gasteiger partial charge on any atom is 0.246 e. The van der Waals surface area contributed by atoms with E-state index in [4.69, 9.17) is 15.2 Å². The van der Waals surface area contributed by atoms with Gasteiger partial charge in [0.1, 0.15) is 22.4 Å². The van der Waals surface area contributed by atoms with Crippen LogP contribution in [-0.4, -0.2) is 35.9 Å². The van der Waals surface area contributed by atoms with Crippen LogP contribution in [0.15, 0.2) is 36.4 Å². The summed E-state index contributed by atoms with van der Waals surface area (Å²) in [6.07, 6.45) is 1.80. The van der Waals surface area contributed by atoms with Crippen molar-refractivity contribution in [2.45, 2.75) is 38.8 Å². The Kier molecular flexibility index (Phi) is 6.20. The number of methoxy groups -OCH3 is 1. The average Bonchev–Trinajstić information content (AvgIpc) is 3.37. The minimum absolute atomic E-state index is 0.00158. The van der Waals surface area contributed by atoms with Crippen LogP contribution in [0.2, 0.25) is 0 Å². The Bertz CT molecular complexity index is 1100. The molecule has 7 nitrogen and oxygen atoms in total. The lowest BCUT2D eigenvalue weighted by molar-refractivity contribution is -0.125. The summed E-state index contributed by atoms with van der Waals surface area (Å²) in [5.41, 5.74) is 11.1. The van der Waals surface area contributed by atoms with Crippen LogP contribution in [0.3, 0.4) is 0 Å². The lowest BCUT2D eigenvalue weighted by Crippen LogP contribution is -2.30. The van der Waals surface area contributed by atoms with Gasteiger partial charge in [-0.1, -0.05) is 29.5 Å². The molecule has 1 aliphatic carbocycles. The van der Waals surface area contributed by atoms with Crippen molar-refractivity contribution in [1.29, 1.82) is 0 Å². The Labute approximate surface area is 185 Å². The SMILES string of the molecule is COCC(=O)NC1CCc2c(-c3nnc(-c4ccc(OC(C)C)c(N)c4)s3)cccc21. The fourth-order valence-corrected chi connectivity index (χ4v) is 4.76. The van der Waals surface area contributed by atoms with E-state index in [0.29, 0.717) is 11.4 Å². The van der Waals surface area contributed by atoms with E-state index in [0.717, 1.165) is 39.5 Å². The molecule has 1 aromatic heterocycles. The van der Waals surface area contributed by atoms with Crippen LogP contribution in [0.1, 0.15) is 37.4 Å². The third-order valence-corrected chi connectivity index (χ3v) is 6.16. The second-order valence-electron chi connectivity index (χ2n) is 7.80. The Morgan fingerprint density at radius 1 is 1.26 bits per heavy atom. The largest absolute Gasteiger partial charge is 0.489 e. The second-order valence-corrected chi connectivity index (χ2v) is 8.77. The first-order chi connectivity index (χ1) is 15.0. The molecule has 0 radical (unpaired) electrons. The van der Waals surface area contributed by atoms with Crippen LogP contribution in [0.25, 0.3) is 21.1 Å². The zero-order chi connectivity index (χ0) is 22.0. The normalized spacial score (nSPS) is 15.2. The molecule has 0 saturated heterocycles. The molecule has 1 amide bonds. The van der Waals surface area contributed by atoms with Gasteiger partial charge in [0.05, 0.1) is 17.8 Å². The fourth-order valence-electron chi connectivity index (χ4n) is 3.86. The number of nitrogens with one attached hydrogen (secondary N) is 1. The molecule has 1 heterocycles. The smallest absolute Gasteiger partial charge is 0.246 e. The molecular weight excluding hydrogens is 412 g/mol. The molecular formula is C23H26N4O3S. The van der Waals surface area contributed by atoms with E-state index in [1.807, 2.05) is 38.1 Å². The van der Waals surface area contributed by atoms with E-state index < -0.39 is 0 Å². The molecule has 3 aromatic rings. The minimum atomic E-state index is -0.105. The van der Waals surface area contributed by atoms with Gasteiger partial charge in [-0.05, 0) is 56.0 Å². The van der Waals surface area contributed by atoms with E-state index >= 15 is 0 Å². The summed E-state index contributed by atoms with van der Waals surface area (Å²) < 4.78 is 10.6. The van der Waals surface area contributed by atoms with Crippen molar-refractivity contribution in [2.75, 3.05) is 19.5 Å². The van der Waals surface area contributed by atoms with Gasteiger partial charge in [0.2, 0.25) is 5.91 Å². The molecule has 1 atom stereocenters. The summed E-state index contributed by atoms with van der Waals surface area (Å²) in [6.45, 7) is 4.00.